The summed E-state index contributed by atoms with van der Waals surface area (Å²) in [5, 5.41) is 16.1. The van der Waals surface area contributed by atoms with Crippen LogP contribution in [0.15, 0.2) is 71.6 Å². The molecule has 10 heteroatoms. The Bertz CT molecular complexity index is 1420. The lowest BCUT2D eigenvalue weighted by molar-refractivity contribution is -0.123. The summed E-state index contributed by atoms with van der Waals surface area (Å²) in [5.74, 6) is -0.208. The van der Waals surface area contributed by atoms with Crippen LogP contribution in [0.4, 0.5) is 0 Å². The molecule has 3 N–H and O–H groups in total. The van der Waals surface area contributed by atoms with E-state index in [0.29, 0.717) is 22.8 Å². The zero-order valence-electron chi connectivity index (χ0n) is 21.9. The quantitative estimate of drug-likeness (QED) is 0.223. The number of rotatable bonds is 11. The number of fused-ring (bicyclic) bond motifs is 1. The van der Waals surface area contributed by atoms with Crippen LogP contribution < -0.4 is 10.6 Å². The molecule has 4 rings (SSSR count). The van der Waals surface area contributed by atoms with E-state index in [2.05, 4.69) is 17.2 Å². The van der Waals surface area contributed by atoms with Crippen LogP contribution in [0.3, 0.4) is 0 Å². The first-order valence-corrected chi connectivity index (χ1v) is 15.2. The van der Waals surface area contributed by atoms with Gasteiger partial charge in [-0.05, 0) is 51.8 Å². The third kappa shape index (κ3) is 6.99. The Balaban J connectivity index is 1.38. The molecule has 0 radical (unpaired) electrons. The number of nitrogens with one attached hydrogen (secondary N) is 2. The van der Waals surface area contributed by atoms with Crippen LogP contribution >= 0.6 is 11.3 Å². The summed E-state index contributed by atoms with van der Waals surface area (Å²) in [6.45, 7) is 4.07. The first-order valence-electron chi connectivity index (χ1n) is 12.9. The molecule has 1 heterocycles. The summed E-state index contributed by atoms with van der Waals surface area (Å²) < 4.78 is 26.1. The zero-order valence-corrected chi connectivity index (χ0v) is 23.5. The molecule has 2 atom stereocenters. The Hall–Kier alpha value is -3.36. The fraction of sp³-hybridized carbons (Fsp3) is 0.345. The maximum atomic E-state index is 13.2. The molecule has 0 bridgehead atoms. The summed E-state index contributed by atoms with van der Waals surface area (Å²) in [6.07, 6.45) is 4.89. The standard InChI is InChI=1S/C29H32N4O4S2/c1-20(19-33(2)39(36,37)27-14-8-6-12-23(27)17-30)18-31-28(34)24(15-21-9-3-4-10-21)32-29(35)26-16-22-11-5-7-13-25(22)38-26/h5-8,11-14,16,21,24H,1,3-4,9-10,15,18-19H2,2H3,(H2-,31,32,34,35,36,37)/p+1/t24-/m0/s1. The van der Waals surface area contributed by atoms with Crippen LogP contribution in [-0.4, -0.2) is 46.9 Å². The average Bonchev–Trinajstić information content (AvgIpc) is 3.61. The summed E-state index contributed by atoms with van der Waals surface area (Å²) >= 11 is 1.40. The Morgan fingerprint density at radius 1 is 1.21 bits per heavy atom. The van der Waals surface area contributed by atoms with Crippen molar-refractivity contribution in [3.05, 3.63) is 77.2 Å². The highest BCUT2D eigenvalue weighted by molar-refractivity contribution is 7.95. The van der Waals surface area contributed by atoms with Gasteiger partial charge in [0.2, 0.25) is 10.8 Å². The van der Waals surface area contributed by atoms with Crippen molar-refractivity contribution in [3.8, 4) is 6.07 Å². The van der Waals surface area contributed by atoms with Crippen LogP contribution in [0.5, 0.6) is 0 Å². The molecular weight excluding hydrogens is 532 g/mol. The van der Waals surface area contributed by atoms with Gasteiger partial charge >= 0.3 is 10.4 Å². The van der Waals surface area contributed by atoms with Crippen LogP contribution in [0.1, 0.15) is 47.3 Å². The van der Waals surface area contributed by atoms with E-state index in [1.165, 1.54) is 34.8 Å². The van der Waals surface area contributed by atoms with Gasteiger partial charge in [0.15, 0.2) is 0 Å². The Kier molecular flexibility index (Phi) is 9.30. The van der Waals surface area contributed by atoms with Crippen molar-refractivity contribution in [2.75, 3.05) is 20.1 Å². The van der Waals surface area contributed by atoms with Gasteiger partial charge in [0, 0.05) is 18.3 Å². The molecule has 1 aromatic heterocycles. The maximum absolute atomic E-state index is 13.2. The number of nitriles is 1. The van der Waals surface area contributed by atoms with Crippen LogP contribution in [0.2, 0.25) is 0 Å². The molecular formula is C29H33N4O4S2+. The minimum absolute atomic E-state index is 0.0246. The number of nitrogens with zero attached hydrogens (tertiary/aromatic N) is 2. The smallest absolute Gasteiger partial charge is 0.327 e. The molecule has 39 heavy (non-hydrogen) atoms. The van der Waals surface area contributed by atoms with Crippen LogP contribution in [-0.2, 0) is 19.4 Å². The molecule has 2 amide bonds. The first-order chi connectivity index (χ1) is 18.7. The van der Waals surface area contributed by atoms with Gasteiger partial charge in [-0.3, -0.25) is 9.59 Å². The highest BCUT2D eigenvalue weighted by atomic mass is 32.3. The Labute approximate surface area is 234 Å². The molecule has 2 aromatic carbocycles. The third-order valence-electron chi connectivity index (χ3n) is 6.99. The van der Waals surface area contributed by atoms with Crippen molar-refractivity contribution < 1.29 is 18.4 Å². The van der Waals surface area contributed by atoms with Gasteiger partial charge in [0.1, 0.15) is 17.7 Å². The van der Waals surface area contributed by atoms with Crippen molar-refractivity contribution in [1.29, 1.82) is 5.26 Å². The number of carbonyl (C=O) groups is 2. The highest BCUT2D eigenvalue weighted by Crippen LogP contribution is 2.30. The van der Waals surface area contributed by atoms with E-state index in [4.69, 9.17) is 0 Å². The second-order valence-corrected chi connectivity index (χ2v) is 13.1. The van der Waals surface area contributed by atoms with Crippen LogP contribution in [0.25, 0.3) is 10.1 Å². The van der Waals surface area contributed by atoms with E-state index in [0.717, 1.165) is 35.8 Å². The number of benzene rings is 2. The van der Waals surface area contributed by atoms with Gasteiger partial charge in [-0.25, -0.2) is 0 Å². The Morgan fingerprint density at radius 2 is 1.90 bits per heavy atom. The lowest BCUT2D eigenvalue weighted by Gasteiger charge is -2.22. The third-order valence-corrected chi connectivity index (χ3v) is 10.0. The topological polar surface area (TPSA) is 123 Å². The maximum Gasteiger partial charge on any atom is 0.327 e. The van der Waals surface area contributed by atoms with E-state index >= 15 is 0 Å². The van der Waals surface area contributed by atoms with E-state index in [9.17, 15) is 23.6 Å². The van der Waals surface area contributed by atoms with E-state index < -0.39 is 16.4 Å². The second-order valence-electron chi connectivity index (χ2n) is 9.92. The highest BCUT2D eigenvalue weighted by Gasteiger charge is 2.38. The van der Waals surface area contributed by atoms with Gasteiger partial charge in [0.05, 0.1) is 11.4 Å². The first kappa shape index (κ1) is 28.6. The zero-order chi connectivity index (χ0) is 28.0. The molecule has 1 aliphatic carbocycles. The summed E-state index contributed by atoms with van der Waals surface area (Å²) in [4.78, 5) is 26.9. The number of thiophene rings is 1. The number of hydrogen-bond donors (Lipinski definition) is 3. The molecule has 0 spiro atoms. The van der Waals surface area contributed by atoms with Gasteiger partial charge in [-0.15, -0.1) is 11.3 Å². The molecule has 1 aliphatic rings. The van der Waals surface area contributed by atoms with Crippen molar-refractivity contribution in [1.82, 2.24) is 14.9 Å². The SMILES string of the molecule is C=C(CNC(=O)[C@H](CC1CCCC1)NC(=O)c1cc2ccccc2s1)CN(C)[S+](=O)(O)c1ccccc1C#N. The minimum Gasteiger partial charge on any atom is -0.351 e. The van der Waals surface area contributed by atoms with Gasteiger partial charge < -0.3 is 10.6 Å². The molecule has 3 aromatic rings. The monoisotopic (exact) mass is 565 g/mol. The molecule has 1 fully saturated rings. The summed E-state index contributed by atoms with van der Waals surface area (Å²) in [7, 11) is -2.20. The van der Waals surface area contributed by atoms with Crippen molar-refractivity contribution in [2.24, 2.45) is 5.92 Å². The van der Waals surface area contributed by atoms with Crippen molar-refractivity contribution >= 4 is 43.6 Å². The van der Waals surface area contributed by atoms with Gasteiger partial charge in [0.25, 0.3) is 5.91 Å². The normalized spacial score (nSPS) is 15.9. The number of carbonyl (C=O) groups excluding carboxylic acids is 2. The lowest BCUT2D eigenvalue weighted by atomic mass is 9.97. The van der Waals surface area contributed by atoms with E-state index in [1.807, 2.05) is 36.4 Å². The largest absolute Gasteiger partial charge is 0.351 e. The van der Waals surface area contributed by atoms with Crippen molar-refractivity contribution in [2.45, 2.75) is 43.0 Å². The number of likely N-dealkylation sites (N-methyl/N-ethyl adjacent to an activating group) is 1. The molecule has 0 saturated heterocycles. The average molecular weight is 566 g/mol. The van der Waals surface area contributed by atoms with Gasteiger partial charge in [-0.1, -0.05) is 66.9 Å². The Morgan fingerprint density at radius 3 is 2.62 bits per heavy atom. The lowest BCUT2D eigenvalue weighted by Crippen LogP contribution is -2.48. The second kappa shape index (κ2) is 12.7. The van der Waals surface area contributed by atoms with Crippen molar-refractivity contribution in [3.63, 3.8) is 0 Å². The summed E-state index contributed by atoms with van der Waals surface area (Å²) in [5.41, 5.74) is 0.636. The van der Waals surface area contributed by atoms with Crippen LogP contribution in [0, 0.1) is 17.2 Å². The van der Waals surface area contributed by atoms with Gasteiger partial charge in [-0.2, -0.15) is 9.81 Å². The molecule has 1 unspecified atom stereocenters. The number of hydrogen-bond acceptors (Lipinski definition) is 5. The minimum atomic E-state index is -3.67. The van der Waals surface area contributed by atoms with E-state index in [-0.39, 0.29) is 35.4 Å². The molecule has 204 valence electrons. The summed E-state index contributed by atoms with van der Waals surface area (Å²) in [6, 6.07) is 17.1. The number of amides is 2. The molecule has 8 nitrogen and oxygen atoms in total. The van der Waals surface area contributed by atoms with E-state index in [1.54, 1.807) is 12.1 Å². The molecule has 0 aliphatic heterocycles. The fourth-order valence-corrected chi connectivity index (χ4v) is 7.20. The predicted octanol–water partition coefficient (Wildman–Crippen LogP) is 5.00. The fourth-order valence-electron chi connectivity index (χ4n) is 4.89. The molecule has 1 saturated carbocycles. The predicted molar refractivity (Wildman–Crippen MR) is 155 cm³/mol.